The fourth-order valence-corrected chi connectivity index (χ4v) is 2.88. The van der Waals surface area contributed by atoms with E-state index in [1.54, 1.807) is 18.3 Å². The van der Waals surface area contributed by atoms with Crippen LogP contribution in [0.5, 0.6) is 0 Å². The molecule has 3 aromatic rings. The summed E-state index contributed by atoms with van der Waals surface area (Å²) < 4.78 is 15.0. The molecule has 4 heteroatoms. The lowest BCUT2D eigenvalue weighted by Crippen LogP contribution is -2.19. The molecule has 21 heavy (non-hydrogen) atoms. The van der Waals surface area contributed by atoms with Gasteiger partial charge in [0.2, 0.25) is 0 Å². The minimum Gasteiger partial charge on any atom is -0.309 e. The van der Waals surface area contributed by atoms with Crippen molar-refractivity contribution in [3.05, 3.63) is 76.1 Å². The van der Waals surface area contributed by atoms with Gasteiger partial charge >= 0.3 is 0 Å². The Hall–Kier alpha value is -1.78. The second-order valence-corrected chi connectivity index (χ2v) is 5.76. The smallest absolute Gasteiger partial charge is 0.128 e. The molecular weight excluding hydrogens is 331 g/mol. The van der Waals surface area contributed by atoms with Gasteiger partial charge < -0.3 is 5.32 Å². The predicted molar refractivity (Wildman–Crippen MR) is 86.7 cm³/mol. The summed E-state index contributed by atoms with van der Waals surface area (Å²) in [5.41, 5.74) is 2.51. The van der Waals surface area contributed by atoms with E-state index < -0.39 is 0 Å². The molecule has 0 bridgehead atoms. The van der Waals surface area contributed by atoms with Crippen LogP contribution in [0.4, 0.5) is 4.39 Å². The number of hydrogen-bond donors (Lipinski definition) is 1. The number of halogens is 2. The number of pyridine rings is 1. The van der Waals surface area contributed by atoms with Crippen molar-refractivity contribution in [2.75, 3.05) is 7.05 Å². The van der Waals surface area contributed by atoms with Crippen LogP contribution in [-0.4, -0.2) is 12.0 Å². The topological polar surface area (TPSA) is 24.9 Å². The Bertz CT molecular complexity index is 789. The molecule has 106 valence electrons. The number of benzene rings is 2. The van der Waals surface area contributed by atoms with E-state index in [-0.39, 0.29) is 11.9 Å². The summed E-state index contributed by atoms with van der Waals surface area (Å²) in [7, 11) is 1.83. The van der Waals surface area contributed by atoms with Crippen LogP contribution in [0.25, 0.3) is 10.9 Å². The minimum absolute atomic E-state index is 0.214. The molecule has 0 saturated heterocycles. The van der Waals surface area contributed by atoms with Crippen molar-refractivity contribution in [1.82, 2.24) is 10.3 Å². The van der Waals surface area contributed by atoms with Crippen LogP contribution in [0.15, 0.2) is 59.2 Å². The van der Waals surface area contributed by atoms with Crippen LogP contribution in [0, 0.1) is 5.82 Å². The van der Waals surface area contributed by atoms with E-state index >= 15 is 0 Å². The first-order valence-corrected chi connectivity index (χ1v) is 7.45. The first kappa shape index (κ1) is 14.2. The van der Waals surface area contributed by atoms with Gasteiger partial charge in [0.1, 0.15) is 5.82 Å². The van der Waals surface area contributed by atoms with Crippen LogP contribution >= 0.6 is 15.9 Å². The lowest BCUT2D eigenvalue weighted by Gasteiger charge is -2.18. The van der Waals surface area contributed by atoms with Crippen molar-refractivity contribution in [3.8, 4) is 0 Å². The summed E-state index contributed by atoms with van der Waals surface area (Å²) in [5.74, 6) is -0.223. The maximum absolute atomic E-state index is 14.1. The maximum atomic E-state index is 14.1. The van der Waals surface area contributed by atoms with Crippen molar-refractivity contribution >= 4 is 26.8 Å². The highest BCUT2D eigenvalue weighted by atomic mass is 79.9. The van der Waals surface area contributed by atoms with Crippen molar-refractivity contribution < 1.29 is 4.39 Å². The second-order valence-electron chi connectivity index (χ2n) is 4.84. The zero-order valence-corrected chi connectivity index (χ0v) is 13.1. The molecule has 0 spiro atoms. The Labute approximate surface area is 131 Å². The Balaban J connectivity index is 2.11. The quantitative estimate of drug-likeness (QED) is 0.759. The molecule has 0 amide bonds. The zero-order chi connectivity index (χ0) is 14.8. The molecule has 0 aliphatic heterocycles. The maximum Gasteiger partial charge on any atom is 0.128 e. The summed E-state index contributed by atoms with van der Waals surface area (Å²) in [6, 6.07) is 14.7. The summed E-state index contributed by atoms with van der Waals surface area (Å²) >= 11 is 3.40. The van der Waals surface area contributed by atoms with Crippen LogP contribution < -0.4 is 5.32 Å². The molecule has 2 nitrogen and oxygen atoms in total. The van der Waals surface area contributed by atoms with Crippen LogP contribution in [0.3, 0.4) is 0 Å². The number of aromatic nitrogens is 1. The molecule has 0 fully saturated rings. The molecule has 0 aliphatic carbocycles. The van der Waals surface area contributed by atoms with E-state index in [1.807, 2.05) is 37.4 Å². The molecule has 1 heterocycles. The van der Waals surface area contributed by atoms with Gasteiger partial charge in [-0.05, 0) is 42.9 Å². The number of nitrogens with zero attached hydrogens (tertiary/aromatic N) is 1. The summed E-state index contributed by atoms with van der Waals surface area (Å²) in [5, 5.41) is 4.25. The fourth-order valence-electron chi connectivity index (χ4n) is 2.50. The van der Waals surface area contributed by atoms with Crippen LogP contribution in [0.2, 0.25) is 0 Å². The van der Waals surface area contributed by atoms with Crippen molar-refractivity contribution in [1.29, 1.82) is 0 Å². The molecule has 3 rings (SSSR count). The van der Waals surface area contributed by atoms with Gasteiger partial charge in [0.05, 0.1) is 11.6 Å². The lowest BCUT2D eigenvalue weighted by atomic mass is 9.97. The number of nitrogens with one attached hydrogen (secondary N) is 1. The molecule has 0 radical (unpaired) electrons. The monoisotopic (exact) mass is 344 g/mol. The highest BCUT2D eigenvalue weighted by molar-refractivity contribution is 9.10. The number of hydrogen-bond acceptors (Lipinski definition) is 2. The predicted octanol–water partition coefficient (Wildman–Crippen LogP) is 4.45. The van der Waals surface area contributed by atoms with Gasteiger partial charge in [-0.3, -0.25) is 4.98 Å². The number of fused-ring (bicyclic) bond motifs is 1. The lowest BCUT2D eigenvalue weighted by molar-refractivity contribution is 0.576. The van der Waals surface area contributed by atoms with Crippen LogP contribution in [-0.2, 0) is 0 Å². The van der Waals surface area contributed by atoms with Gasteiger partial charge in [0.25, 0.3) is 0 Å². The largest absolute Gasteiger partial charge is 0.309 e. The van der Waals surface area contributed by atoms with E-state index in [9.17, 15) is 4.39 Å². The van der Waals surface area contributed by atoms with Gasteiger partial charge in [-0.25, -0.2) is 4.39 Å². The Morgan fingerprint density at radius 1 is 1.14 bits per heavy atom. The van der Waals surface area contributed by atoms with Gasteiger partial charge in [-0.15, -0.1) is 0 Å². The van der Waals surface area contributed by atoms with Crippen LogP contribution in [0.1, 0.15) is 17.2 Å². The normalized spacial score (nSPS) is 12.5. The third kappa shape index (κ3) is 2.82. The van der Waals surface area contributed by atoms with Gasteiger partial charge in [-0.1, -0.05) is 34.1 Å². The molecular formula is C17H14BrFN2. The molecule has 2 aromatic carbocycles. The van der Waals surface area contributed by atoms with E-state index in [0.717, 1.165) is 20.9 Å². The molecule has 1 aromatic heterocycles. The Kier molecular flexibility index (Phi) is 3.99. The standard InChI is InChI=1S/C17H14BrFN2/c1-20-17(14-10-13(18)6-7-15(14)19)12-5-4-11-3-2-8-21-16(11)9-12/h2-10,17,20H,1H3. The van der Waals surface area contributed by atoms with E-state index in [0.29, 0.717) is 5.56 Å². The van der Waals surface area contributed by atoms with Crippen molar-refractivity contribution in [2.45, 2.75) is 6.04 Å². The molecule has 1 unspecified atom stereocenters. The minimum atomic E-state index is -0.223. The molecule has 1 N–H and O–H groups in total. The molecule has 0 aliphatic rings. The highest BCUT2D eigenvalue weighted by Gasteiger charge is 2.17. The van der Waals surface area contributed by atoms with E-state index in [1.165, 1.54) is 6.07 Å². The van der Waals surface area contributed by atoms with E-state index in [2.05, 4.69) is 26.2 Å². The molecule has 0 saturated carbocycles. The average Bonchev–Trinajstić information content (AvgIpc) is 2.51. The van der Waals surface area contributed by atoms with Gasteiger partial charge in [0, 0.05) is 21.6 Å². The van der Waals surface area contributed by atoms with Gasteiger partial charge in [0.15, 0.2) is 0 Å². The third-order valence-electron chi connectivity index (χ3n) is 3.52. The highest BCUT2D eigenvalue weighted by Crippen LogP contribution is 2.28. The first-order valence-electron chi connectivity index (χ1n) is 6.66. The SMILES string of the molecule is CNC(c1ccc2cccnc2c1)c1cc(Br)ccc1F. The van der Waals surface area contributed by atoms with Crippen molar-refractivity contribution in [3.63, 3.8) is 0 Å². The number of rotatable bonds is 3. The third-order valence-corrected chi connectivity index (χ3v) is 4.01. The summed E-state index contributed by atoms with van der Waals surface area (Å²) in [6.07, 6.45) is 1.76. The Morgan fingerprint density at radius 2 is 2.00 bits per heavy atom. The molecule has 1 atom stereocenters. The fraction of sp³-hybridized carbons (Fsp3) is 0.118. The zero-order valence-electron chi connectivity index (χ0n) is 11.5. The second kappa shape index (κ2) is 5.92. The Morgan fingerprint density at radius 3 is 2.81 bits per heavy atom. The van der Waals surface area contributed by atoms with E-state index in [4.69, 9.17) is 0 Å². The first-order chi connectivity index (χ1) is 10.2. The summed E-state index contributed by atoms with van der Waals surface area (Å²) in [4.78, 5) is 4.36. The summed E-state index contributed by atoms with van der Waals surface area (Å²) in [6.45, 7) is 0. The van der Waals surface area contributed by atoms with Crippen molar-refractivity contribution in [2.24, 2.45) is 0 Å². The van der Waals surface area contributed by atoms with Gasteiger partial charge in [-0.2, -0.15) is 0 Å². The average molecular weight is 345 g/mol.